The average molecular weight is 356 g/mol. The van der Waals surface area contributed by atoms with Gasteiger partial charge >= 0.3 is 0 Å². The number of hydrogen-bond acceptors (Lipinski definition) is 7. The molecular formula is C18H24N6O2. The number of carbonyl (C=O) groups is 1. The van der Waals surface area contributed by atoms with Gasteiger partial charge in [0.1, 0.15) is 11.4 Å². The average Bonchev–Trinajstić information content (AvgIpc) is 2.67. The zero-order valence-electron chi connectivity index (χ0n) is 15.6. The molecule has 8 nitrogen and oxygen atoms in total. The van der Waals surface area contributed by atoms with Gasteiger partial charge in [0.2, 0.25) is 11.8 Å². The zero-order valence-corrected chi connectivity index (χ0v) is 15.6. The number of nitrogens with zero attached hydrogens (tertiary/aromatic N) is 6. The summed E-state index contributed by atoms with van der Waals surface area (Å²) in [7, 11) is 5.45. The molecular weight excluding hydrogens is 332 g/mol. The first-order chi connectivity index (χ1) is 12.5. The first kappa shape index (κ1) is 17.9. The molecule has 0 atom stereocenters. The highest BCUT2D eigenvalue weighted by atomic mass is 16.5. The van der Waals surface area contributed by atoms with Gasteiger partial charge in [-0.3, -0.25) is 4.79 Å². The molecule has 1 aliphatic heterocycles. The number of piperazine rings is 1. The summed E-state index contributed by atoms with van der Waals surface area (Å²) in [5, 5.41) is 0. The zero-order chi connectivity index (χ0) is 18.7. The molecule has 26 heavy (non-hydrogen) atoms. The van der Waals surface area contributed by atoms with Crippen LogP contribution in [-0.4, -0.2) is 73.1 Å². The SMILES string of the molecule is COc1ncccc1C(=O)N1CCN(c2nc(C)cc(N(C)C)n2)CC1. The fourth-order valence-electron chi connectivity index (χ4n) is 2.90. The van der Waals surface area contributed by atoms with Crippen molar-refractivity contribution < 1.29 is 9.53 Å². The Hall–Kier alpha value is -2.90. The lowest BCUT2D eigenvalue weighted by molar-refractivity contribution is 0.0742. The maximum absolute atomic E-state index is 12.8. The molecule has 0 N–H and O–H groups in total. The Morgan fingerprint density at radius 1 is 1.19 bits per heavy atom. The van der Waals surface area contributed by atoms with Gasteiger partial charge in [-0.05, 0) is 19.1 Å². The summed E-state index contributed by atoms with van der Waals surface area (Å²) in [5.41, 5.74) is 1.42. The van der Waals surface area contributed by atoms with E-state index in [0.717, 1.165) is 11.5 Å². The van der Waals surface area contributed by atoms with Gasteiger partial charge < -0.3 is 19.4 Å². The third-order valence-corrected chi connectivity index (χ3v) is 4.33. The summed E-state index contributed by atoms with van der Waals surface area (Å²) in [5.74, 6) is 1.89. The van der Waals surface area contributed by atoms with Crippen LogP contribution in [0.3, 0.4) is 0 Å². The quantitative estimate of drug-likeness (QED) is 0.815. The lowest BCUT2D eigenvalue weighted by Crippen LogP contribution is -2.49. The Morgan fingerprint density at radius 3 is 2.58 bits per heavy atom. The van der Waals surface area contributed by atoms with Gasteiger partial charge in [0, 0.05) is 58.2 Å². The summed E-state index contributed by atoms with van der Waals surface area (Å²) in [6.07, 6.45) is 1.62. The standard InChI is InChI=1S/C18H24N6O2/c1-13-12-15(22(2)3)21-18(20-13)24-10-8-23(9-11-24)17(25)14-6-5-7-19-16(14)26-4/h5-7,12H,8-11H2,1-4H3. The molecule has 0 aliphatic carbocycles. The Morgan fingerprint density at radius 2 is 1.92 bits per heavy atom. The predicted octanol–water partition coefficient (Wildman–Crippen LogP) is 1.22. The van der Waals surface area contributed by atoms with Gasteiger partial charge in [-0.15, -0.1) is 0 Å². The Kier molecular flexibility index (Phi) is 5.20. The number of pyridine rings is 1. The van der Waals surface area contributed by atoms with Gasteiger partial charge in [0.15, 0.2) is 0 Å². The number of carbonyl (C=O) groups excluding carboxylic acids is 1. The van der Waals surface area contributed by atoms with Crippen molar-refractivity contribution in [3.05, 3.63) is 35.7 Å². The van der Waals surface area contributed by atoms with Crippen LogP contribution in [0.4, 0.5) is 11.8 Å². The van der Waals surface area contributed by atoms with Gasteiger partial charge in [-0.1, -0.05) is 0 Å². The van der Waals surface area contributed by atoms with E-state index >= 15 is 0 Å². The van der Waals surface area contributed by atoms with Crippen LogP contribution in [0.15, 0.2) is 24.4 Å². The van der Waals surface area contributed by atoms with Crippen molar-refractivity contribution in [1.29, 1.82) is 0 Å². The Labute approximate surface area is 153 Å². The van der Waals surface area contributed by atoms with Gasteiger partial charge in [-0.2, -0.15) is 4.98 Å². The van der Waals surface area contributed by atoms with Gasteiger partial charge in [0.05, 0.1) is 7.11 Å². The van der Waals surface area contributed by atoms with E-state index in [9.17, 15) is 4.79 Å². The number of aromatic nitrogens is 3. The van der Waals surface area contributed by atoms with E-state index in [1.165, 1.54) is 7.11 Å². The van der Waals surface area contributed by atoms with E-state index in [-0.39, 0.29) is 5.91 Å². The highest BCUT2D eigenvalue weighted by Gasteiger charge is 2.26. The van der Waals surface area contributed by atoms with Crippen molar-refractivity contribution in [2.45, 2.75) is 6.92 Å². The Bertz CT molecular complexity index is 787. The summed E-state index contributed by atoms with van der Waals surface area (Å²) < 4.78 is 5.20. The first-order valence-corrected chi connectivity index (χ1v) is 8.56. The molecule has 0 bridgehead atoms. The minimum atomic E-state index is -0.0614. The van der Waals surface area contributed by atoms with E-state index in [1.54, 1.807) is 18.3 Å². The van der Waals surface area contributed by atoms with Crippen LogP contribution in [0.2, 0.25) is 0 Å². The van der Waals surface area contributed by atoms with Gasteiger partial charge in [-0.25, -0.2) is 9.97 Å². The molecule has 0 aromatic carbocycles. The van der Waals surface area contributed by atoms with Crippen LogP contribution in [0.25, 0.3) is 0 Å². The van der Waals surface area contributed by atoms with Crippen molar-refractivity contribution in [2.75, 3.05) is 57.2 Å². The highest BCUT2D eigenvalue weighted by Crippen LogP contribution is 2.20. The van der Waals surface area contributed by atoms with Crippen molar-refractivity contribution in [1.82, 2.24) is 19.9 Å². The maximum Gasteiger partial charge on any atom is 0.259 e. The summed E-state index contributed by atoms with van der Waals surface area (Å²) in [6.45, 7) is 4.54. The number of aryl methyl sites for hydroxylation is 1. The third kappa shape index (κ3) is 3.68. The summed E-state index contributed by atoms with van der Waals surface area (Å²) in [4.78, 5) is 31.9. The number of ether oxygens (including phenoxy) is 1. The number of amides is 1. The third-order valence-electron chi connectivity index (χ3n) is 4.33. The number of methoxy groups -OCH3 is 1. The molecule has 0 radical (unpaired) electrons. The van der Waals surface area contributed by atoms with E-state index < -0.39 is 0 Å². The highest BCUT2D eigenvalue weighted by molar-refractivity contribution is 5.96. The second-order valence-corrected chi connectivity index (χ2v) is 6.40. The topological polar surface area (TPSA) is 74.7 Å². The Balaban J connectivity index is 1.70. The van der Waals surface area contributed by atoms with E-state index in [0.29, 0.717) is 43.6 Å². The minimum absolute atomic E-state index is 0.0614. The fraction of sp³-hybridized carbons (Fsp3) is 0.444. The molecule has 0 unspecified atom stereocenters. The minimum Gasteiger partial charge on any atom is -0.480 e. The molecule has 0 saturated carbocycles. The molecule has 1 saturated heterocycles. The normalized spacial score (nSPS) is 14.3. The van der Waals surface area contributed by atoms with Crippen LogP contribution in [0, 0.1) is 6.92 Å². The van der Waals surface area contributed by atoms with E-state index in [1.807, 2.05) is 36.9 Å². The fourth-order valence-corrected chi connectivity index (χ4v) is 2.90. The molecule has 1 amide bonds. The molecule has 2 aromatic heterocycles. The van der Waals surface area contributed by atoms with Crippen molar-refractivity contribution >= 4 is 17.7 Å². The van der Waals surface area contributed by atoms with Gasteiger partial charge in [0.25, 0.3) is 5.91 Å². The van der Waals surface area contributed by atoms with E-state index in [2.05, 4.69) is 19.9 Å². The number of rotatable bonds is 4. The van der Waals surface area contributed by atoms with Crippen molar-refractivity contribution in [2.24, 2.45) is 0 Å². The molecule has 3 heterocycles. The second kappa shape index (κ2) is 7.55. The monoisotopic (exact) mass is 356 g/mol. The molecule has 1 fully saturated rings. The van der Waals surface area contributed by atoms with Crippen LogP contribution >= 0.6 is 0 Å². The smallest absolute Gasteiger partial charge is 0.259 e. The number of hydrogen-bond donors (Lipinski definition) is 0. The molecule has 2 aromatic rings. The number of anilines is 2. The van der Waals surface area contributed by atoms with Crippen LogP contribution in [0.1, 0.15) is 16.1 Å². The van der Waals surface area contributed by atoms with Crippen molar-refractivity contribution in [3.8, 4) is 5.88 Å². The molecule has 138 valence electrons. The molecule has 8 heteroatoms. The first-order valence-electron chi connectivity index (χ1n) is 8.56. The predicted molar refractivity (Wildman–Crippen MR) is 100 cm³/mol. The second-order valence-electron chi connectivity index (χ2n) is 6.40. The molecule has 1 aliphatic rings. The van der Waals surface area contributed by atoms with Crippen LogP contribution in [0.5, 0.6) is 5.88 Å². The lowest BCUT2D eigenvalue weighted by atomic mass is 10.2. The summed E-state index contributed by atoms with van der Waals surface area (Å²) in [6, 6.07) is 5.45. The largest absolute Gasteiger partial charge is 0.480 e. The van der Waals surface area contributed by atoms with Crippen LogP contribution < -0.4 is 14.5 Å². The van der Waals surface area contributed by atoms with Crippen LogP contribution in [-0.2, 0) is 0 Å². The molecule has 0 spiro atoms. The van der Waals surface area contributed by atoms with E-state index in [4.69, 9.17) is 4.74 Å². The lowest BCUT2D eigenvalue weighted by Gasteiger charge is -2.35. The summed E-state index contributed by atoms with van der Waals surface area (Å²) >= 11 is 0. The molecule has 3 rings (SSSR count). The maximum atomic E-state index is 12.8. The van der Waals surface area contributed by atoms with Crippen molar-refractivity contribution in [3.63, 3.8) is 0 Å².